The molecule has 0 aliphatic heterocycles. The monoisotopic (exact) mass is 351 g/mol. The molecule has 0 unspecified atom stereocenters. The van der Waals surface area contributed by atoms with Gasteiger partial charge in [-0.25, -0.2) is 9.50 Å². The number of rotatable bonds is 6. The number of nitrogens with zero attached hydrogens (tertiary/aromatic N) is 5. The number of amides is 1. The van der Waals surface area contributed by atoms with E-state index in [0.29, 0.717) is 30.3 Å². The van der Waals surface area contributed by atoms with Crippen LogP contribution in [0.2, 0.25) is 0 Å². The number of carbonyl (C=O) groups excluding carboxylic acids is 1. The van der Waals surface area contributed by atoms with E-state index in [9.17, 15) is 4.79 Å². The number of benzene rings is 1. The van der Waals surface area contributed by atoms with Crippen LogP contribution in [-0.4, -0.2) is 36.9 Å². The first-order valence-electron chi connectivity index (χ1n) is 9.03. The second kappa shape index (κ2) is 7.64. The average molecular weight is 351 g/mol. The van der Waals surface area contributed by atoms with E-state index in [4.69, 9.17) is 0 Å². The van der Waals surface area contributed by atoms with Crippen LogP contribution in [0.5, 0.6) is 0 Å². The molecule has 2 aromatic heterocycles. The van der Waals surface area contributed by atoms with Gasteiger partial charge < -0.3 is 4.90 Å². The lowest BCUT2D eigenvalue weighted by Gasteiger charge is -2.21. The molecule has 1 aromatic carbocycles. The van der Waals surface area contributed by atoms with Crippen molar-refractivity contribution in [3.05, 3.63) is 58.7 Å². The molecule has 0 N–H and O–H groups in total. The Morgan fingerprint density at radius 1 is 1.12 bits per heavy atom. The van der Waals surface area contributed by atoms with E-state index >= 15 is 0 Å². The molecule has 0 fully saturated rings. The summed E-state index contributed by atoms with van der Waals surface area (Å²) in [4.78, 5) is 23.7. The lowest BCUT2D eigenvalue weighted by atomic mass is 10.1. The number of aryl methyl sites for hydroxylation is 3. The Hall–Kier alpha value is -2.76. The molecular weight excluding hydrogens is 326 g/mol. The van der Waals surface area contributed by atoms with Gasteiger partial charge in [0.2, 0.25) is 0 Å². The van der Waals surface area contributed by atoms with Crippen molar-refractivity contribution in [1.82, 2.24) is 24.5 Å². The zero-order valence-electron chi connectivity index (χ0n) is 15.9. The second-order valence-corrected chi connectivity index (χ2v) is 6.73. The van der Waals surface area contributed by atoms with Gasteiger partial charge in [0.05, 0.1) is 6.54 Å². The highest BCUT2D eigenvalue weighted by Gasteiger charge is 2.18. The van der Waals surface area contributed by atoms with Crippen LogP contribution in [0.25, 0.3) is 5.78 Å². The van der Waals surface area contributed by atoms with E-state index < -0.39 is 0 Å². The summed E-state index contributed by atoms with van der Waals surface area (Å²) in [5.41, 5.74) is 3.73. The van der Waals surface area contributed by atoms with E-state index in [-0.39, 0.29) is 5.91 Å². The molecule has 6 nitrogen and oxygen atoms in total. The fourth-order valence-corrected chi connectivity index (χ4v) is 2.93. The first-order valence-corrected chi connectivity index (χ1v) is 9.03. The maximum absolute atomic E-state index is 13.0. The van der Waals surface area contributed by atoms with Gasteiger partial charge in [0.1, 0.15) is 0 Å². The van der Waals surface area contributed by atoms with Gasteiger partial charge in [0, 0.05) is 23.5 Å². The quantitative estimate of drug-likeness (QED) is 0.682. The Morgan fingerprint density at radius 2 is 1.85 bits per heavy atom. The molecule has 0 atom stereocenters. The Bertz CT molecular complexity index is 914. The summed E-state index contributed by atoms with van der Waals surface area (Å²) >= 11 is 0. The van der Waals surface area contributed by atoms with Gasteiger partial charge in [-0.05, 0) is 45.4 Å². The van der Waals surface area contributed by atoms with Crippen LogP contribution in [-0.2, 0) is 6.54 Å². The maximum Gasteiger partial charge on any atom is 0.254 e. The third-order valence-electron chi connectivity index (χ3n) is 4.36. The van der Waals surface area contributed by atoms with Gasteiger partial charge >= 0.3 is 0 Å². The lowest BCUT2D eigenvalue weighted by Crippen LogP contribution is -2.32. The second-order valence-electron chi connectivity index (χ2n) is 6.73. The minimum absolute atomic E-state index is 0.0122. The summed E-state index contributed by atoms with van der Waals surface area (Å²) in [6.45, 7) is 9.12. The van der Waals surface area contributed by atoms with Crippen molar-refractivity contribution in [2.24, 2.45) is 0 Å². The largest absolute Gasteiger partial charge is 0.331 e. The smallest absolute Gasteiger partial charge is 0.254 e. The number of fused-ring (bicyclic) bond motifs is 1. The molecule has 3 aromatic rings. The zero-order chi connectivity index (χ0) is 18.7. The van der Waals surface area contributed by atoms with E-state index in [1.165, 1.54) is 0 Å². The molecule has 6 heteroatoms. The molecule has 2 heterocycles. The van der Waals surface area contributed by atoms with Crippen LogP contribution in [0.4, 0.5) is 0 Å². The molecule has 3 rings (SSSR count). The van der Waals surface area contributed by atoms with Crippen molar-refractivity contribution in [3.8, 4) is 0 Å². The SMILES string of the molecule is CCCCN(Cc1nc2nc(C)cc(C)n2n1)C(=O)c1ccc(C)cc1. The number of aromatic nitrogens is 4. The van der Waals surface area contributed by atoms with Crippen LogP contribution < -0.4 is 0 Å². The Morgan fingerprint density at radius 3 is 2.54 bits per heavy atom. The Labute approximate surface area is 153 Å². The lowest BCUT2D eigenvalue weighted by molar-refractivity contribution is 0.0736. The van der Waals surface area contributed by atoms with E-state index in [1.54, 1.807) is 4.52 Å². The molecule has 0 radical (unpaired) electrons. The van der Waals surface area contributed by atoms with Crippen molar-refractivity contribution in [2.75, 3.05) is 6.54 Å². The van der Waals surface area contributed by atoms with Crippen molar-refractivity contribution in [3.63, 3.8) is 0 Å². The predicted octanol–water partition coefficient (Wildman–Crippen LogP) is 3.49. The Balaban J connectivity index is 1.87. The van der Waals surface area contributed by atoms with Crippen LogP contribution in [0.15, 0.2) is 30.3 Å². The fourth-order valence-electron chi connectivity index (χ4n) is 2.93. The van der Waals surface area contributed by atoms with E-state index in [0.717, 1.165) is 29.8 Å². The molecule has 0 spiro atoms. The summed E-state index contributed by atoms with van der Waals surface area (Å²) in [5.74, 6) is 1.21. The third kappa shape index (κ3) is 3.90. The summed E-state index contributed by atoms with van der Waals surface area (Å²) in [6.07, 6.45) is 1.97. The van der Waals surface area contributed by atoms with Gasteiger partial charge in [-0.2, -0.15) is 4.98 Å². The van der Waals surface area contributed by atoms with Gasteiger partial charge in [0.25, 0.3) is 11.7 Å². The van der Waals surface area contributed by atoms with Crippen LogP contribution in [0.1, 0.15) is 52.9 Å². The summed E-state index contributed by atoms with van der Waals surface area (Å²) in [7, 11) is 0. The van der Waals surface area contributed by atoms with E-state index in [2.05, 4.69) is 22.0 Å². The maximum atomic E-state index is 13.0. The number of hydrogen-bond acceptors (Lipinski definition) is 4. The van der Waals surface area contributed by atoms with Gasteiger partial charge in [-0.1, -0.05) is 31.0 Å². The van der Waals surface area contributed by atoms with Crippen molar-refractivity contribution in [2.45, 2.75) is 47.1 Å². The standard InChI is InChI=1S/C20H25N5O/c1-5-6-11-24(19(26)17-9-7-14(2)8-10-17)13-18-22-20-21-15(3)12-16(4)25(20)23-18/h7-10,12H,5-6,11,13H2,1-4H3. The van der Waals surface area contributed by atoms with Crippen molar-refractivity contribution >= 4 is 11.7 Å². The van der Waals surface area contributed by atoms with Crippen LogP contribution in [0.3, 0.4) is 0 Å². The van der Waals surface area contributed by atoms with E-state index in [1.807, 2.05) is 56.0 Å². The summed E-state index contributed by atoms with van der Waals surface area (Å²) < 4.78 is 1.73. The molecule has 1 amide bonds. The Kier molecular flexibility index (Phi) is 5.30. The molecule has 26 heavy (non-hydrogen) atoms. The third-order valence-corrected chi connectivity index (χ3v) is 4.36. The summed E-state index contributed by atoms with van der Waals surface area (Å²) in [6, 6.07) is 9.65. The molecule has 0 aliphatic rings. The van der Waals surface area contributed by atoms with Gasteiger partial charge in [-0.15, -0.1) is 5.10 Å². The highest BCUT2D eigenvalue weighted by atomic mass is 16.2. The molecule has 0 bridgehead atoms. The number of unbranched alkanes of at least 4 members (excludes halogenated alkanes) is 1. The predicted molar refractivity (Wildman–Crippen MR) is 101 cm³/mol. The molecule has 0 saturated carbocycles. The minimum atomic E-state index is 0.0122. The fraction of sp³-hybridized carbons (Fsp3) is 0.400. The molecule has 0 aliphatic carbocycles. The number of carbonyl (C=O) groups is 1. The zero-order valence-corrected chi connectivity index (χ0v) is 15.9. The van der Waals surface area contributed by atoms with Gasteiger partial charge in [0.15, 0.2) is 5.82 Å². The first kappa shape index (κ1) is 18.0. The topological polar surface area (TPSA) is 63.4 Å². The summed E-state index contributed by atoms with van der Waals surface area (Å²) in [5, 5.41) is 4.54. The highest BCUT2D eigenvalue weighted by Crippen LogP contribution is 2.12. The molecule has 0 saturated heterocycles. The van der Waals surface area contributed by atoms with Crippen LogP contribution >= 0.6 is 0 Å². The van der Waals surface area contributed by atoms with Gasteiger partial charge in [-0.3, -0.25) is 4.79 Å². The highest BCUT2D eigenvalue weighted by molar-refractivity contribution is 5.94. The number of hydrogen-bond donors (Lipinski definition) is 0. The average Bonchev–Trinajstić information content (AvgIpc) is 3.01. The van der Waals surface area contributed by atoms with Crippen molar-refractivity contribution < 1.29 is 4.79 Å². The molecule has 136 valence electrons. The first-order chi connectivity index (χ1) is 12.5. The normalized spacial score (nSPS) is 11.1. The van der Waals surface area contributed by atoms with Crippen LogP contribution in [0, 0.1) is 20.8 Å². The minimum Gasteiger partial charge on any atom is -0.331 e. The van der Waals surface area contributed by atoms with Crippen molar-refractivity contribution in [1.29, 1.82) is 0 Å². The molecular formula is C20H25N5O.